The summed E-state index contributed by atoms with van der Waals surface area (Å²) in [6, 6.07) is 8.16. The molecule has 1 aromatic rings. The summed E-state index contributed by atoms with van der Waals surface area (Å²) in [6.07, 6.45) is 0. The molecule has 0 heterocycles. The Hall–Kier alpha value is -1.28. The van der Waals surface area contributed by atoms with Crippen molar-refractivity contribution in [2.24, 2.45) is 5.73 Å². The van der Waals surface area contributed by atoms with Crippen LogP contribution in [0.1, 0.15) is 18.1 Å². The highest BCUT2D eigenvalue weighted by Crippen LogP contribution is 2.07. The van der Waals surface area contributed by atoms with E-state index in [4.69, 9.17) is 5.73 Å². The number of benzene rings is 1. The highest BCUT2D eigenvalue weighted by atomic mass is 14.9. The van der Waals surface area contributed by atoms with E-state index in [1.54, 1.807) is 0 Å². The number of nitrogens with two attached hydrogens (primary N) is 1. The Balaban J connectivity index is 2.69. The number of hydrogen-bond donors (Lipinski definition) is 2. The first-order valence-corrected chi connectivity index (χ1v) is 4.40. The maximum atomic E-state index is 5.61. The molecule has 0 aromatic heterocycles. The van der Waals surface area contributed by atoms with E-state index in [0.29, 0.717) is 6.54 Å². The molecule has 0 fully saturated rings. The van der Waals surface area contributed by atoms with Gasteiger partial charge in [-0.3, -0.25) is 0 Å². The average Bonchev–Trinajstić information content (AvgIpc) is 2.15. The first-order chi connectivity index (χ1) is 6.24. The van der Waals surface area contributed by atoms with Gasteiger partial charge >= 0.3 is 0 Å². The van der Waals surface area contributed by atoms with Crippen molar-refractivity contribution in [1.29, 1.82) is 0 Å². The van der Waals surface area contributed by atoms with Gasteiger partial charge in [-0.15, -0.1) is 0 Å². The summed E-state index contributed by atoms with van der Waals surface area (Å²) in [7, 11) is 0. The number of rotatable bonds is 4. The first-order valence-electron chi connectivity index (χ1n) is 4.40. The smallest absolute Gasteiger partial charge is 0.0400 e. The molecule has 0 bridgehead atoms. The van der Waals surface area contributed by atoms with Gasteiger partial charge in [0, 0.05) is 18.8 Å². The van der Waals surface area contributed by atoms with E-state index in [1.165, 1.54) is 11.1 Å². The second kappa shape index (κ2) is 4.67. The molecule has 0 atom stereocenters. The van der Waals surface area contributed by atoms with E-state index in [-0.39, 0.29) is 0 Å². The third-order valence-corrected chi connectivity index (χ3v) is 1.92. The molecule has 0 aliphatic rings. The predicted octanol–water partition coefficient (Wildman–Crippen LogP) is 1.77. The van der Waals surface area contributed by atoms with Crippen molar-refractivity contribution in [2.45, 2.75) is 20.0 Å². The molecule has 0 amide bonds. The summed E-state index contributed by atoms with van der Waals surface area (Å²) in [5.41, 5.74) is 9.02. The van der Waals surface area contributed by atoms with Crippen molar-refractivity contribution in [1.82, 2.24) is 5.32 Å². The van der Waals surface area contributed by atoms with Crippen molar-refractivity contribution in [3.63, 3.8) is 0 Å². The molecule has 2 nitrogen and oxygen atoms in total. The molecule has 1 rings (SSSR count). The largest absolute Gasteiger partial charge is 0.385 e. The number of nitrogens with one attached hydrogen (secondary N) is 1. The molecule has 0 saturated heterocycles. The van der Waals surface area contributed by atoms with Gasteiger partial charge in [-0.05, 0) is 18.1 Å². The van der Waals surface area contributed by atoms with Gasteiger partial charge in [0.15, 0.2) is 0 Å². The molecule has 0 radical (unpaired) electrons. The lowest BCUT2D eigenvalue weighted by Crippen LogP contribution is -2.12. The van der Waals surface area contributed by atoms with Crippen LogP contribution >= 0.6 is 0 Å². The molecule has 1 aromatic carbocycles. The van der Waals surface area contributed by atoms with E-state index in [0.717, 1.165) is 12.2 Å². The van der Waals surface area contributed by atoms with Crippen molar-refractivity contribution in [2.75, 3.05) is 0 Å². The van der Waals surface area contributed by atoms with E-state index in [9.17, 15) is 0 Å². The van der Waals surface area contributed by atoms with E-state index in [2.05, 4.69) is 24.0 Å². The maximum absolute atomic E-state index is 5.61. The van der Waals surface area contributed by atoms with E-state index in [1.807, 2.05) is 19.1 Å². The predicted molar refractivity (Wildman–Crippen MR) is 56.0 cm³/mol. The monoisotopic (exact) mass is 176 g/mol. The lowest BCUT2D eigenvalue weighted by Gasteiger charge is -2.09. The summed E-state index contributed by atoms with van der Waals surface area (Å²) >= 11 is 0. The summed E-state index contributed by atoms with van der Waals surface area (Å²) < 4.78 is 0. The molecule has 2 heteroatoms. The van der Waals surface area contributed by atoms with Gasteiger partial charge in [0.2, 0.25) is 0 Å². The second-order valence-electron chi connectivity index (χ2n) is 3.11. The Morgan fingerprint density at radius 2 is 2.00 bits per heavy atom. The Morgan fingerprint density at radius 3 is 2.54 bits per heavy atom. The van der Waals surface area contributed by atoms with E-state index >= 15 is 0 Å². The van der Waals surface area contributed by atoms with Crippen LogP contribution in [0.15, 0.2) is 36.5 Å². The number of hydrogen-bond acceptors (Lipinski definition) is 2. The van der Waals surface area contributed by atoms with Crippen LogP contribution in [0.3, 0.4) is 0 Å². The van der Waals surface area contributed by atoms with Crippen LogP contribution in [0.4, 0.5) is 0 Å². The lowest BCUT2D eigenvalue weighted by molar-refractivity contribution is 0.802. The Kier molecular flexibility index (Phi) is 3.53. The molecular weight excluding hydrogens is 160 g/mol. The molecule has 13 heavy (non-hydrogen) atoms. The van der Waals surface area contributed by atoms with Crippen LogP contribution in [0.2, 0.25) is 0 Å². The van der Waals surface area contributed by atoms with Crippen molar-refractivity contribution < 1.29 is 0 Å². The summed E-state index contributed by atoms with van der Waals surface area (Å²) in [5, 5.41) is 3.19. The highest BCUT2D eigenvalue weighted by Gasteiger charge is 1.97. The fraction of sp³-hybridized carbons (Fsp3) is 0.273. The highest BCUT2D eigenvalue weighted by molar-refractivity contribution is 5.27. The molecule has 0 aliphatic heterocycles. The van der Waals surface area contributed by atoms with Crippen LogP contribution in [0.5, 0.6) is 0 Å². The topological polar surface area (TPSA) is 38.0 Å². The fourth-order valence-electron chi connectivity index (χ4n) is 1.18. The summed E-state index contributed by atoms with van der Waals surface area (Å²) in [5.74, 6) is 0. The van der Waals surface area contributed by atoms with Gasteiger partial charge in [0.1, 0.15) is 0 Å². The van der Waals surface area contributed by atoms with Gasteiger partial charge in [-0.1, -0.05) is 30.8 Å². The fourth-order valence-corrected chi connectivity index (χ4v) is 1.18. The molecule has 0 aliphatic carbocycles. The van der Waals surface area contributed by atoms with Crippen molar-refractivity contribution >= 4 is 0 Å². The van der Waals surface area contributed by atoms with Crippen LogP contribution in [0, 0.1) is 0 Å². The van der Waals surface area contributed by atoms with Crippen LogP contribution in [-0.2, 0) is 13.1 Å². The maximum Gasteiger partial charge on any atom is 0.0400 e. The molecule has 0 spiro atoms. The quantitative estimate of drug-likeness (QED) is 0.733. The molecule has 3 N–H and O–H groups in total. The molecule has 0 unspecified atom stereocenters. The zero-order chi connectivity index (χ0) is 9.68. The van der Waals surface area contributed by atoms with Gasteiger partial charge in [-0.2, -0.15) is 0 Å². The normalized spacial score (nSPS) is 9.69. The third kappa shape index (κ3) is 2.92. The number of allylic oxidation sites excluding steroid dienone is 1. The second-order valence-corrected chi connectivity index (χ2v) is 3.11. The van der Waals surface area contributed by atoms with Crippen molar-refractivity contribution in [3.05, 3.63) is 47.7 Å². The molecular formula is C11H16N2. The zero-order valence-corrected chi connectivity index (χ0v) is 8.01. The minimum absolute atomic E-state index is 0.591. The van der Waals surface area contributed by atoms with Gasteiger partial charge < -0.3 is 11.1 Å². The summed E-state index contributed by atoms with van der Waals surface area (Å²) in [4.78, 5) is 0. The van der Waals surface area contributed by atoms with Crippen LogP contribution < -0.4 is 11.1 Å². The van der Waals surface area contributed by atoms with Crippen LogP contribution in [-0.4, -0.2) is 0 Å². The first kappa shape index (κ1) is 9.81. The van der Waals surface area contributed by atoms with E-state index < -0.39 is 0 Å². The standard InChI is InChI=1S/C11H16N2/c1-9(2)13-8-11-6-4-3-5-10(11)7-12/h3-6,13H,1,7-8,12H2,2H3. The van der Waals surface area contributed by atoms with Gasteiger partial charge in [-0.25, -0.2) is 0 Å². The summed E-state index contributed by atoms with van der Waals surface area (Å²) in [6.45, 7) is 7.13. The van der Waals surface area contributed by atoms with Gasteiger partial charge in [0.25, 0.3) is 0 Å². The van der Waals surface area contributed by atoms with Crippen molar-refractivity contribution in [3.8, 4) is 0 Å². The Morgan fingerprint density at radius 1 is 1.38 bits per heavy atom. The Labute approximate surface area is 79.5 Å². The SMILES string of the molecule is C=C(C)NCc1ccccc1CN. The van der Waals surface area contributed by atoms with Gasteiger partial charge in [0.05, 0.1) is 0 Å². The minimum atomic E-state index is 0.591. The average molecular weight is 176 g/mol. The van der Waals surface area contributed by atoms with Crippen LogP contribution in [0.25, 0.3) is 0 Å². The molecule has 0 saturated carbocycles. The zero-order valence-electron chi connectivity index (χ0n) is 8.01. The molecule has 70 valence electrons. The third-order valence-electron chi connectivity index (χ3n) is 1.92. The minimum Gasteiger partial charge on any atom is -0.385 e. The Bertz CT molecular complexity index is 292. The lowest BCUT2D eigenvalue weighted by atomic mass is 10.1.